The smallest absolute Gasteiger partial charge is 0.412 e. The molecule has 0 aliphatic heterocycles. The first-order valence-corrected chi connectivity index (χ1v) is 11.7. The van der Waals surface area contributed by atoms with Gasteiger partial charge in [-0.15, -0.1) is 0 Å². The second-order valence-corrected chi connectivity index (χ2v) is 10.2. The largest absolute Gasteiger partial charge is 0.465 e. The van der Waals surface area contributed by atoms with Crippen LogP contribution in [0.1, 0.15) is 85.5 Å². The Morgan fingerprint density at radius 2 is 1.77 bits per heavy atom. The summed E-state index contributed by atoms with van der Waals surface area (Å²) in [6.45, 7) is 8.75. The minimum Gasteiger partial charge on any atom is -0.465 e. The highest BCUT2D eigenvalue weighted by Gasteiger charge is 2.46. The van der Waals surface area contributed by atoms with Crippen molar-refractivity contribution in [3.8, 4) is 5.75 Å². The van der Waals surface area contributed by atoms with Gasteiger partial charge >= 0.3 is 12.2 Å². The fourth-order valence-electron chi connectivity index (χ4n) is 5.40. The van der Waals surface area contributed by atoms with Crippen LogP contribution in [0, 0.1) is 10.8 Å². The van der Waals surface area contributed by atoms with Gasteiger partial charge in [-0.2, -0.15) is 0 Å². The summed E-state index contributed by atoms with van der Waals surface area (Å²) >= 11 is 0. The number of amides is 2. The van der Waals surface area contributed by atoms with E-state index in [0.717, 1.165) is 32.1 Å². The summed E-state index contributed by atoms with van der Waals surface area (Å²) in [6.07, 6.45) is 7.63. The van der Waals surface area contributed by atoms with Crippen LogP contribution < -0.4 is 15.4 Å². The topological polar surface area (TPSA) is 87.7 Å². The molecular weight excluding hydrogens is 392 g/mol. The summed E-state index contributed by atoms with van der Waals surface area (Å²) < 4.78 is 5.51. The highest BCUT2D eigenvalue weighted by Crippen LogP contribution is 2.49. The number of benzene rings is 1. The molecule has 0 spiro atoms. The maximum absolute atomic E-state index is 12.7. The van der Waals surface area contributed by atoms with Gasteiger partial charge in [0, 0.05) is 12.1 Å². The number of hydrogen-bond donors (Lipinski definition) is 3. The molecule has 1 aromatic rings. The lowest BCUT2D eigenvalue weighted by molar-refractivity contribution is 0.0362. The Morgan fingerprint density at radius 1 is 1.10 bits per heavy atom. The van der Waals surface area contributed by atoms with E-state index < -0.39 is 12.2 Å². The average Bonchev–Trinajstić information content (AvgIpc) is 2.65. The lowest BCUT2D eigenvalue weighted by atomic mass is 9.59. The zero-order valence-electron chi connectivity index (χ0n) is 19.6. The third-order valence-electron chi connectivity index (χ3n) is 6.41. The Bertz CT molecular complexity index is 707. The lowest BCUT2D eigenvalue weighted by Crippen LogP contribution is -2.55. The van der Waals surface area contributed by atoms with Gasteiger partial charge in [0.05, 0.1) is 0 Å². The van der Waals surface area contributed by atoms with Crippen LogP contribution in [0.25, 0.3) is 0 Å². The minimum absolute atomic E-state index is 0.0222. The van der Waals surface area contributed by atoms with E-state index in [-0.39, 0.29) is 22.9 Å². The van der Waals surface area contributed by atoms with Crippen LogP contribution in [0.4, 0.5) is 9.59 Å². The van der Waals surface area contributed by atoms with Crippen LogP contribution in [0.3, 0.4) is 0 Å². The first kappa shape index (κ1) is 25.0. The van der Waals surface area contributed by atoms with E-state index in [1.807, 2.05) is 18.2 Å². The fourth-order valence-corrected chi connectivity index (χ4v) is 5.40. The lowest BCUT2D eigenvalue weighted by Gasteiger charge is -2.50. The summed E-state index contributed by atoms with van der Waals surface area (Å²) in [7, 11) is 0. The molecule has 0 heterocycles. The van der Waals surface area contributed by atoms with Gasteiger partial charge < -0.3 is 20.5 Å². The van der Waals surface area contributed by atoms with Crippen molar-refractivity contribution in [2.45, 2.75) is 97.6 Å². The third-order valence-corrected chi connectivity index (χ3v) is 6.41. The van der Waals surface area contributed by atoms with Gasteiger partial charge in [0.1, 0.15) is 5.75 Å². The quantitative estimate of drug-likeness (QED) is 0.376. The van der Waals surface area contributed by atoms with Crippen molar-refractivity contribution in [2.24, 2.45) is 10.8 Å². The zero-order chi connectivity index (χ0) is 22.9. The summed E-state index contributed by atoms with van der Waals surface area (Å²) in [4.78, 5) is 24.0. The normalized spacial score (nSPS) is 23.5. The number of rotatable bonds is 10. The standard InChI is InChI=1S/C25H40N2O4/c1-5-6-7-8-12-15-21(27-23(30)31-20-13-10-9-11-14-20)25(4)17-19(26-22(28)29)16-24(2,3)18-25/h9-11,13-14,19,21,26H,5-8,12,15-18H2,1-4H3,(H,27,30)(H,28,29). The van der Waals surface area contributed by atoms with Crippen molar-refractivity contribution in [3.05, 3.63) is 30.3 Å². The van der Waals surface area contributed by atoms with E-state index in [1.54, 1.807) is 12.1 Å². The van der Waals surface area contributed by atoms with Gasteiger partial charge in [-0.3, -0.25) is 0 Å². The van der Waals surface area contributed by atoms with E-state index in [2.05, 4.69) is 38.3 Å². The first-order chi connectivity index (χ1) is 14.6. The van der Waals surface area contributed by atoms with Crippen molar-refractivity contribution >= 4 is 12.2 Å². The van der Waals surface area contributed by atoms with Crippen LogP contribution in [-0.4, -0.2) is 29.4 Å². The van der Waals surface area contributed by atoms with Crippen LogP contribution in [0.5, 0.6) is 5.75 Å². The predicted octanol–water partition coefficient (Wildman–Crippen LogP) is 6.36. The molecule has 31 heavy (non-hydrogen) atoms. The predicted molar refractivity (Wildman–Crippen MR) is 123 cm³/mol. The summed E-state index contributed by atoms with van der Waals surface area (Å²) in [5, 5.41) is 15.1. The van der Waals surface area contributed by atoms with Gasteiger partial charge in [-0.05, 0) is 48.6 Å². The van der Waals surface area contributed by atoms with Gasteiger partial charge in [0.2, 0.25) is 0 Å². The summed E-state index contributed by atoms with van der Waals surface area (Å²) in [6, 6.07) is 8.87. The average molecular weight is 433 g/mol. The van der Waals surface area contributed by atoms with Gasteiger partial charge in [0.25, 0.3) is 0 Å². The van der Waals surface area contributed by atoms with E-state index in [9.17, 15) is 14.7 Å². The molecule has 174 valence electrons. The number of unbranched alkanes of at least 4 members (excludes halogenated alkanes) is 4. The number of para-hydroxylation sites is 1. The second kappa shape index (κ2) is 11.4. The molecule has 2 amide bonds. The van der Waals surface area contributed by atoms with Crippen LogP contribution in [0.15, 0.2) is 30.3 Å². The molecule has 3 unspecified atom stereocenters. The highest BCUT2D eigenvalue weighted by molar-refractivity contribution is 5.70. The number of hydrogen-bond acceptors (Lipinski definition) is 3. The SMILES string of the molecule is CCCCCCCC(NC(=O)Oc1ccccc1)C1(C)CC(NC(=O)O)CC(C)(C)C1. The third kappa shape index (κ3) is 8.42. The Balaban J connectivity index is 2.13. The van der Waals surface area contributed by atoms with Gasteiger partial charge in [-0.1, -0.05) is 78.0 Å². The van der Waals surface area contributed by atoms with Gasteiger partial charge in [-0.25, -0.2) is 9.59 Å². The minimum atomic E-state index is -0.988. The maximum Gasteiger partial charge on any atom is 0.412 e. The molecule has 0 saturated heterocycles. The molecular formula is C25H40N2O4. The maximum atomic E-state index is 12.7. The zero-order valence-corrected chi connectivity index (χ0v) is 19.6. The van der Waals surface area contributed by atoms with E-state index in [4.69, 9.17) is 4.74 Å². The van der Waals surface area contributed by atoms with E-state index in [1.165, 1.54) is 19.3 Å². The van der Waals surface area contributed by atoms with Crippen molar-refractivity contribution in [1.29, 1.82) is 0 Å². The molecule has 0 aromatic heterocycles. The second-order valence-electron chi connectivity index (χ2n) is 10.2. The molecule has 3 N–H and O–H groups in total. The molecule has 6 heteroatoms. The molecule has 6 nitrogen and oxygen atoms in total. The molecule has 3 atom stereocenters. The number of ether oxygens (including phenoxy) is 1. The van der Waals surface area contributed by atoms with Crippen molar-refractivity contribution in [1.82, 2.24) is 10.6 Å². The Morgan fingerprint density at radius 3 is 2.42 bits per heavy atom. The molecule has 1 fully saturated rings. The van der Waals surface area contributed by atoms with Gasteiger partial charge in [0.15, 0.2) is 0 Å². The Hall–Kier alpha value is -2.24. The van der Waals surface area contributed by atoms with Crippen molar-refractivity contribution in [3.63, 3.8) is 0 Å². The van der Waals surface area contributed by atoms with Crippen LogP contribution in [0.2, 0.25) is 0 Å². The molecule has 1 aliphatic carbocycles. The Kier molecular flexibility index (Phi) is 9.20. The molecule has 1 aromatic carbocycles. The van der Waals surface area contributed by atoms with Crippen molar-refractivity contribution < 1.29 is 19.4 Å². The molecule has 2 rings (SSSR count). The molecule has 0 radical (unpaired) electrons. The number of carbonyl (C=O) groups excluding carboxylic acids is 1. The number of carbonyl (C=O) groups is 2. The van der Waals surface area contributed by atoms with Crippen LogP contribution >= 0.6 is 0 Å². The fraction of sp³-hybridized carbons (Fsp3) is 0.680. The Labute approximate surface area is 187 Å². The molecule has 0 bridgehead atoms. The summed E-state index contributed by atoms with van der Waals surface area (Å²) in [5.41, 5.74) is -0.249. The number of nitrogens with one attached hydrogen (secondary N) is 2. The first-order valence-electron chi connectivity index (χ1n) is 11.7. The van der Waals surface area contributed by atoms with E-state index in [0.29, 0.717) is 12.2 Å². The van der Waals surface area contributed by atoms with Crippen molar-refractivity contribution in [2.75, 3.05) is 0 Å². The van der Waals surface area contributed by atoms with Crippen LogP contribution in [-0.2, 0) is 0 Å². The molecule has 1 aliphatic rings. The summed E-state index contributed by atoms with van der Waals surface area (Å²) in [5.74, 6) is 0.515. The molecule has 1 saturated carbocycles. The van der Waals surface area contributed by atoms with E-state index >= 15 is 0 Å². The highest BCUT2D eigenvalue weighted by atomic mass is 16.6. The monoisotopic (exact) mass is 432 g/mol. The number of carboxylic acid groups (broad SMARTS) is 1.